The molecule has 1 N–H and O–H groups in total. The molecule has 0 radical (unpaired) electrons. The van der Waals surface area contributed by atoms with Crippen molar-refractivity contribution < 1.29 is 5.11 Å². The number of nitrogens with zero attached hydrogens (tertiary/aromatic N) is 3. The molecule has 0 atom stereocenters. The van der Waals surface area contributed by atoms with Gasteiger partial charge in [-0.3, -0.25) is 0 Å². The molecule has 0 aromatic carbocycles. The predicted molar refractivity (Wildman–Crippen MR) is 63.6 cm³/mol. The molecule has 0 unspecified atom stereocenters. The molecule has 1 aliphatic rings. The van der Waals surface area contributed by atoms with Crippen molar-refractivity contribution in [3.8, 4) is 0 Å². The molecule has 1 fully saturated rings. The van der Waals surface area contributed by atoms with Gasteiger partial charge in [-0.05, 0) is 19.8 Å². The Balaban J connectivity index is 2.13. The summed E-state index contributed by atoms with van der Waals surface area (Å²) in [6, 6.07) is 2.07. The van der Waals surface area contributed by atoms with Gasteiger partial charge >= 0.3 is 0 Å². The Kier molecular flexibility index (Phi) is 3.72. The lowest BCUT2D eigenvalue weighted by atomic mass is 9.83. The van der Waals surface area contributed by atoms with E-state index < -0.39 is 0 Å². The lowest BCUT2D eigenvalue weighted by molar-refractivity contribution is 0.302. The Hall–Kier alpha value is -1.16. The Morgan fingerprint density at radius 1 is 1.44 bits per heavy atom. The van der Waals surface area contributed by atoms with Crippen molar-refractivity contribution in [2.24, 2.45) is 0 Å². The number of hydrogen-bond acceptors (Lipinski definition) is 4. The van der Waals surface area contributed by atoms with Gasteiger partial charge in [0.2, 0.25) is 0 Å². The van der Waals surface area contributed by atoms with Crippen molar-refractivity contribution in [2.75, 3.05) is 24.6 Å². The molecular weight excluding hydrogens is 202 g/mol. The maximum absolute atomic E-state index is 8.98. The first kappa shape index (κ1) is 11.3. The first-order valence-electron chi connectivity index (χ1n) is 6.03. The van der Waals surface area contributed by atoms with Crippen molar-refractivity contribution >= 4 is 5.82 Å². The summed E-state index contributed by atoms with van der Waals surface area (Å²) in [4.78, 5) is 10.7. The number of hydrogen-bond donors (Lipinski definition) is 1. The Morgan fingerprint density at radius 3 is 2.81 bits per heavy atom. The quantitative estimate of drug-likeness (QED) is 0.819. The number of aliphatic hydroxyl groups is 1. The van der Waals surface area contributed by atoms with Gasteiger partial charge in [0.1, 0.15) is 12.1 Å². The normalized spacial score (nSPS) is 15.9. The van der Waals surface area contributed by atoms with Crippen LogP contribution >= 0.6 is 0 Å². The summed E-state index contributed by atoms with van der Waals surface area (Å²) in [6.45, 7) is 3.73. The molecule has 1 saturated carbocycles. The van der Waals surface area contributed by atoms with Crippen molar-refractivity contribution in [1.82, 2.24) is 9.97 Å². The van der Waals surface area contributed by atoms with E-state index in [0.717, 1.165) is 18.1 Å². The molecule has 0 bridgehead atoms. The molecule has 1 aromatic rings. The van der Waals surface area contributed by atoms with E-state index in [1.165, 1.54) is 19.3 Å². The van der Waals surface area contributed by atoms with Crippen LogP contribution in [0.4, 0.5) is 5.82 Å². The van der Waals surface area contributed by atoms with Gasteiger partial charge in [-0.2, -0.15) is 0 Å². The van der Waals surface area contributed by atoms with Gasteiger partial charge in [0.15, 0.2) is 0 Å². The van der Waals surface area contributed by atoms with E-state index in [2.05, 4.69) is 27.9 Å². The zero-order valence-corrected chi connectivity index (χ0v) is 9.76. The molecule has 1 aliphatic carbocycles. The average Bonchev–Trinajstić information content (AvgIpc) is 2.24. The van der Waals surface area contributed by atoms with E-state index in [-0.39, 0.29) is 6.61 Å². The monoisotopic (exact) mass is 221 g/mol. The highest BCUT2D eigenvalue weighted by atomic mass is 16.3. The molecule has 88 valence electrons. The van der Waals surface area contributed by atoms with E-state index in [0.29, 0.717) is 12.5 Å². The van der Waals surface area contributed by atoms with Gasteiger partial charge < -0.3 is 10.0 Å². The van der Waals surface area contributed by atoms with Crippen LogP contribution in [-0.2, 0) is 0 Å². The third-order valence-electron chi connectivity index (χ3n) is 3.27. The van der Waals surface area contributed by atoms with E-state index in [1.807, 2.05) is 0 Å². The molecule has 0 amide bonds. The first-order valence-corrected chi connectivity index (χ1v) is 6.03. The van der Waals surface area contributed by atoms with Gasteiger partial charge in [-0.1, -0.05) is 6.42 Å². The summed E-state index contributed by atoms with van der Waals surface area (Å²) in [6.07, 6.45) is 5.46. The Labute approximate surface area is 96.3 Å². The van der Waals surface area contributed by atoms with Crippen LogP contribution in [0.25, 0.3) is 0 Å². The highest BCUT2D eigenvalue weighted by molar-refractivity contribution is 5.39. The molecule has 2 rings (SSSR count). The van der Waals surface area contributed by atoms with Crippen molar-refractivity contribution in [2.45, 2.75) is 32.1 Å². The topological polar surface area (TPSA) is 49.2 Å². The SMILES string of the molecule is CCN(CCO)c1cc(C2CCC2)ncn1. The molecular formula is C12H19N3O. The van der Waals surface area contributed by atoms with Gasteiger partial charge in [-0.15, -0.1) is 0 Å². The van der Waals surface area contributed by atoms with Crippen LogP contribution in [0.1, 0.15) is 37.8 Å². The second kappa shape index (κ2) is 5.25. The molecule has 1 aromatic heterocycles. The average molecular weight is 221 g/mol. The summed E-state index contributed by atoms with van der Waals surface area (Å²) in [5, 5.41) is 8.98. The van der Waals surface area contributed by atoms with Gasteiger partial charge in [0, 0.05) is 30.8 Å². The van der Waals surface area contributed by atoms with Crippen LogP contribution in [0.3, 0.4) is 0 Å². The fourth-order valence-electron chi connectivity index (χ4n) is 2.02. The maximum Gasteiger partial charge on any atom is 0.132 e. The Bertz CT molecular complexity index is 339. The second-order valence-corrected chi connectivity index (χ2v) is 4.23. The van der Waals surface area contributed by atoms with Crippen LogP contribution < -0.4 is 4.90 Å². The lowest BCUT2D eigenvalue weighted by Gasteiger charge is -2.26. The summed E-state index contributed by atoms with van der Waals surface area (Å²) < 4.78 is 0. The molecule has 0 saturated heterocycles. The van der Waals surface area contributed by atoms with E-state index in [4.69, 9.17) is 5.11 Å². The maximum atomic E-state index is 8.98. The summed E-state index contributed by atoms with van der Waals surface area (Å²) in [5.41, 5.74) is 1.16. The van der Waals surface area contributed by atoms with Crippen LogP contribution in [-0.4, -0.2) is 34.8 Å². The first-order chi connectivity index (χ1) is 7.85. The van der Waals surface area contributed by atoms with Crippen molar-refractivity contribution in [1.29, 1.82) is 0 Å². The fraction of sp³-hybridized carbons (Fsp3) is 0.667. The smallest absolute Gasteiger partial charge is 0.132 e. The van der Waals surface area contributed by atoms with Crippen LogP contribution in [0.2, 0.25) is 0 Å². The number of rotatable bonds is 5. The standard InChI is InChI=1S/C12H19N3O/c1-2-15(6-7-16)12-8-11(13-9-14-12)10-4-3-5-10/h8-10,16H,2-7H2,1H3. The van der Waals surface area contributed by atoms with E-state index in [9.17, 15) is 0 Å². The van der Waals surface area contributed by atoms with Gasteiger partial charge in [0.25, 0.3) is 0 Å². The van der Waals surface area contributed by atoms with Crippen LogP contribution in [0.5, 0.6) is 0 Å². The number of anilines is 1. The fourth-order valence-corrected chi connectivity index (χ4v) is 2.02. The van der Waals surface area contributed by atoms with Crippen molar-refractivity contribution in [3.63, 3.8) is 0 Å². The zero-order valence-electron chi connectivity index (χ0n) is 9.76. The number of aromatic nitrogens is 2. The third-order valence-corrected chi connectivity index (χ3v) is 3.27. The molecule has 0 spiro atoms. The minimum absolute atomic E-state index is 0.163. The highest BCUT2D eigenvalue weighted by Crippen LogP contribution is 2.35. The van der Waals surface area contributed by atoms with Crippen LogP contribution in [0.15, 0.2) is 12.4 Å². The van der Waals surface area contributed by atoms with Crippen LogP contribution in [0, 0.1) is 0 Å². The molecule has 16 heavy (non-hydrogen) atoms. The summed E-state index contributed by atoms with van der Waals surface area (Å²) >= 11 is 0. The zero-order chi connectivity index (χ0) is 11.4. The largest absolute Gasteiger partial charge is 0.395 e. The highest BCUT2D eigenvalue weighted by Gasteiger charge is 2.21. The summed E-state index contributed by atoms with van der Waals surface area (Å²) in [5.74, 6) is 1.57. The van der Waals surface area contributed by atoms with Crippen molar-refractivity contribution in [3.05, 3.63) is 18.1 Å². The Morgan fingerprint density at radius 2 is 2.25 bits per heavy atom. The predicted octanol–water partition coefficient (Wildman–Crippen LogP) is 1.56. The minimum Gasteiger partial charge on any atom is -0.395 e. The lowest BCUT2D eigenvalue weighted by Crippen LogP contribution is -2.27. The number of aliphatic hydroxyl groups excluding tert-OH is 1. The second-order valence-electron chi connectivity index (χ2n) is 4.23. The molecule has 4 heteroatoms. The molecule has 4 nitrogen and oxygen atoms in total. The third kappa shape index (κ3) is 2.32. The number of likely N-dealkylation sites (N-methyl/N-ethyl adjacent to an activating group) is 1. The van der Waals surface area contributed by atoms with E-state index >= 15 is 0 Å². The van der Waals surface area contributed by atoms with Gasteiger partial charge in [0.05, 0.1) is 6.61 Å². The molecule has 0 aliphatic heterocycles. The minimum atomic E-state index is 0.163. The molecule has 1 heterocycles. The summed E-state index contributed by atoms with van der Waals surface area (Å²) in [7, 11) is 0. The van der Waals surface area contributed by atoms with E-state index in [1.54, 1.807) is 6.33 Å². The van der Waals surface area contributed by atoms with Gasteiger partial charge in [-0.25, -0.2) is 9.97 Å².